The average molecular weight is 779 g/mol. The monoisotopic (exact) mass is 780 g/mol. The van der Waals surface area contributed by atoms with Crippen molar-refractivity contribution in [1.82, 2.24) is 19.5 Å². The second-order valence-corrected chi connectivity index (χ2v) is 16.6. The summed E-state index contributed by atoms with van der Waals surface area (Å²) in [6.45, 7) is 4.59. The number of fused-ring (bicyclic) bond motifs is 9. The van der Waals surface area contributed by atoms with Crippen LogP contribution in [0, 0.1) is 0 Å². The fourth-order valence-corrected chi connectivity index (χ4v) is 9.48. The smallest absolute Gasteiger partial charge is 0.164 e. The molecule has 0 aliphatic heterocycles. The number of para-hydroxylation sites is 1. The third kappa shape index (κ3) is 5.54. The first-order valence-electron chi connectivity index (χ1n) is 20.1. The van der Waals surface area contributed by atoms with Crippen LogP contribution < -0.4 is 54.6 Å². The molecule has 1 aliphatic rings. The van der Waals surface area contributed by atoms with E-state index in [1.165, 1.54) is 27.6 Å². The van der Waals surface area contributed by atoms with E-state index in [-0.39, 0.29) is 88.6 Å². The van der Waals surface area contributed by atoms with Crippen LogP contribution in [0.1, 0.15) is 25.0 Å². The van der Waals surface area contributed by atoms with Crippen molar-refractivity contribution in [1.29, 1.82) is 0 Å². The van der Waals surface area contributed by atoms with Gasteiger partial charge in [0, 0.05) is 55.4 Å². The highest BCUT2D eigenvalue weighted by atomic mass is 16.3. The highest BCUT2D eigenvalue weighted by molar-refractivity contribution is 6.70. The standard InChI is InChI=1S/C48H22B10N4O/c1-48(2)26-11-5-3-8-20(26)24-17-25-21-9-4-6-12-28(21)62(29(25)18-27(24)48)19-14-15-22-31(16-19)63-30-13-7-10-23(32(22)30)45-59-46(33-35(49)39(53)43(57)40(54)36(33)50)61-47(60-45)34-37(51)41(55)44(58)42(56)38(34)52/h3-18H,1-2H3. The molecule has 0 spiro atoms. The molecule has 0 atom stereocenters. The zero-order valence-electron chi connectivity index (χ0n) is 34.2. The first-order chi connectivity index (χ1) is 30.2. The molecule has 0 saturated carbocycles. The summed E-state index contributed by atoms with van der Waals surface area (Å²) < 4.78 is 8.97. The van der Waals surface area contributed by atoms with Gasteiger partial charge in [-0.1, -0.05) is 90.3 Å². The van der Waals surface area contributed by atoms with Crippen LogP contribution in [0.4, 0.5) is 0 Å². The number of hydrogen-bond donors (Lipinski definition) is 0. The van der Waals surface area contributed by atoms with Crippen LogP contribution in [0.15, 0.2) is 101 Å². The van der Waals surface area contributed by atoms with Gasteiger partial charge >= 0.3 is 0 Å². The molecule has 3 heterocycles. The third-order valence-electron chi connectivity index (χ3n) is 12.8. The summed E-state index contributed by atoms with van der Waals surface area (Å²) in [5.41, 5.74) is 10.3. The van der Waals surface area contributed by atoms with E-state index in [0.717, 1.165) is 32.9 Å². The molecule has 15 heteroatoms. The van der Waals surface area contributed by atoms with Crippen LogP contribution in [0.25, 0.3) is 94.7 Å². The van der Waals surface area contributed by atoms with E-state index in [0.29, 0.717) is 16.7 Å². The highest BCUT2D eigenvalue weighted by Crippen LogP contribution is 2.51. The Morgan fingerprint density at radius 1 is 0.429 bits per heavy atom. The molecule has 3 aromatic heterocycles. The highest BCUT2D eigenvalue weighted by Gasteiger charge is 2.36. The van der Waals surface area contributed by atoms with Crippen molar-refractivity contribution in [3.05, 3.63) is 108 Å². The van der Waals surface area contributed by atoms with E-state index in [1.54, 1.807) is 0 Å². The first kappa shape index (κ1) is 39.6. The maximum absolute atomic E-state index is 6.66. The first-order valence-corrected chi connectivity index (χ1v) is 20.1. The summed E-state index contributed by atoms with van der Waals surface area (Å²) in [5, 5.41) is 3.87. The van der Waals surface area contributed by atoms with E-state index < -0.39 is 0 Å². The molecule has 11 rings (SSSR count). The van der Waals surface area contributed by atoms with Gasteiger partial charge < -0.3 is 8.98 Å². The van der Waals surface area contributed by atoms with E-state index in [9.17, 15) is 0 Å². The number of nitrogens with zero attached hydrogens (tertiary/aromatic N) is 4. The van der Waals surface area contributed by atoms with Crippen LogP contribution in [0.3, 0.4) is 0 Å². The van der Waals surface area contributed by atoms with Gasteiger partial charge in [0.25, 0.3) is 0 Å². The minimum atomic E-state index is -0.176. The van der Waals surface area contributed by atoms with Crippen molar-refractivity contribution in [3.63, 3.8) is 0 Å². The fraction of sp³-hybridized carbons (Fsp3) is 0.0625. The molecule has 0 bridgehead atoms. The molecule has 1 aliphatic carbocycles. The van der Waals surface area contributed by atoms with Gasteiger partial charge in [-0.05, 0) is 58.7 Å². The van der Waals surface area contributed by atoms with Crippen LogP contribution in [-0.4, -0.2) is 98.0 Å². The van der Waals surface area contributed by atoms with E-state index in [1.807, 2.05) is 24.3 Å². The largest absolute Gasteiger partial charge is 0.456 e. The zero-order valence-corrected chi connectivity index (χ0v) is 34.2. The fourth-order valence-electron chi connectivity index (χ4n) is 9.48. The zero-order chi connectivity index (χ0) is 44.0. The number of furan rings is 1. The van der Waals surface area contributed by atoms with Crippen molar-refractivity contribution in [2.45, 2.75) is 19.3 Å². The number of hydrogen-bond acceptors (Lipinski definition) is 4. The Morgan fingerprint density at radius 3 is 1.63 bits per heavy atom. The van der Waals surface area contributed by atoms with Gasteiger partial charge in [0.1, 0.15) is 89.6 Å². The molecule has 5 nitrogen and oxygen atoms in total. The van der Waals surface area contributed by atoms with Gasteiger partial charge in [0.2, 0.25) is 0 Å². The van der Waals surface area contributed by atoms with Crippen molar-refractivity contribution in [3.8, 4) is 51.0 Å². The summed E-state index contributed by atoms with van der Waals surface area (Å²) in [7, 11) is 63.8. The lowest BCUT2D eigenvalue weighted by Gasteiger charge is -2.22. The van der Waals surface area contributed by atoms with Crippen LogP contribution in [0.2, 0.25) is 0 Å². The topological polar surface area (TPSA) is 56.7 Å². The van der Waals surface area contributed by atoms with Crippen molar-refractivity contribution < 1.29 is 4.42 Å². The predicted molar refractivity (Wildman–Crippen MR) is 269 cm³/mol. The van der Waals surface area contributed by atoms with Gasteiger partial charge in [-0.15, -0.1) is 32.8 Å². The van der Waals surface area contributed by atoms with Crippen molar-refractivity contribution in [2.75, 3.05) is 0 Å². The lowest BCUT2D eigenvalue weighted by Crippen LogP contribution is -2.55. The molecule has 270 valence electrons. The molecular weight excluding hydrogens is 757 g/mol. The summed E-state index contributed by atoms with van der Waals surface area (Å²) in [6.07, 6.45) is 0. The number of aromatic nitrogens is 4. The maximum atomic E-state index is 6.66. The lowest BCUT2D eigenvalue weighted by atomic mass is 9.60. The molecule has 0 unspecified atom stereocenters. The van der Waals surface area contributed by atoms with E-state index in [4.69, 9.17) is 97.8 Å². The predicted octanol–water partition coefficient (Wildman–Crippen LogP) is 0.113. The molecule has 63 heavy (non-hydrogen) atoms. The van der Waals surface area contributed by atoms with Crippen LogP contribution in [-0.2, 0) is 5.41 Å². The average Bonchev–Trinajstić information content (AvgIpc) is 3.90. The Bertz CT molecular complexity index is 3540. The quantitative estimate of drug-likeness (QED) is 0.239. The van der Waals surface area contributed by atoms with E-state index >= 15 is 0 Å². The summed E-state index contributed by atoms with van der Waals surface area (Å²) in [5.74, 6) is 0.201. The third-order valence-corrected chi connectivity index (χ3v) is 12.8. The summed E-state index contributed by atoms with van der Waals surface area (Å²) >= 11 is 0. The molecule has 10 aromatic rings. The van der Waals surface area contributed by atoms with Gasteiger partial charge in [-0.2, -0.15) is 0 Å². The van der Waals surface area contributed by atoms with Gasteiger partial charge in [-0.25, -0.2) is 15.0 Å². The van der Waals surface area contributed by atoms with Gasteiger partial charge in [-0.3, -0.25) is 0 Å². The molecule has 7 aromatic carbocycles. The Morgan fingerprint density at radius 2 is 0.984 bits per heavy atom. The Balaban J connectivity index is 1.14. The molecule has 0 fully saturated rings. The van der Waals surface area contributed by atoms with Gasteiger partial charge in [0.05, 0.1) is 11.0 Å². The minimum absolute atomic E-state index is 0.00683. The minimum Gasteiger partial charge on any atom is -0.456 e. The van der Waals surface area contributed by atoms with Crippen LogP contribution >= 0.6 is 0 Å². The number of rotatable bonds is 4. The molecule has 0 amide bonds. The second kappa shape index (κ2) is 13.9. The van der Waals surface area contributed by atoms with E-state index in [2.05, 4.69) is 91.2 Å². The molecular formula is C48H22B10N4O. The Kier molecular flexibility index (Phi) is 8.74. The SMILES string of the molecule is [B]c1c([B])c([B])c(-c2nc(-c3c([B])c([B])c([B])c([B])c3[B])nc(-c3cccc4oc5cc(-n6c7ccccc7c7cc8c(cc76)C(C)(C)c6ccccc6-8)ccc5c34)n2)c([B])c1[B]. The van der Waals surface area contributed by atoms with Gasteiger partial charge in [0.15, 0.2) is 17.5 Å². The maximum Gasteiger partial charge on any atom is 0.164 e. The molecule has 0 N–H and O–H groups in total. The Labute approximate surface area is 377 Å². The molecule has 20 radical (unpaired) electrons. The summed E-state index contributed by atoms with van der Waals surface area (Å²) in [6, 6.07) is 33.7. The lowest BCUT2D eigenvalue weighted by molar-refractivity contribution is 0.661. The van der Waals surface area contributed by atoms with Crippen molar-refractivity contribution in [2.24, 2.45) is 0 Å². The summed E-state index contributed by atoms with van der Waals surface area (Å²) in [4.78, 5) is 14.6. The second-order valence-electron chi connectivity index (χ2n) is 16.6. The van der Waals surface area contributed by atoms with Crippen LogP contribution in [0.5, 0.6) is 0 Å². The molecule has 0 saturated heterocycles. The number of benzene rings is 7. The Hall–Kier alpha value is -6.20. The van der Waals surface area contributed by atoms with Crippen molar-refractivity contribution >= 4 is 177 Å². The normalized spacial score (nSPS) is 13.0.